The van der Waals surface area contributed by atoms with E-state index in [0.29, 0.717) is 17.2 Å². The molecule has 0 saturated heterocycles. The molecule has 0 amide bonds. The van der Waals surface area contributed by atoms with Gasteiger partial charge < -0.3 is 5.73 Å². The maximum atomic E-state index is 6.02. The highest BCUT2D eigenvalue weighted by atomic mass is 79.9. The highest BCUT2D eigenvalue weighted by molar-refractivity contribution is 9.10. The molecule has 0 radical (unpaired) electrons. The summed E-state index contributed by atoms with van der Waals surface area (Å²) < 4.78 is 1.06. The number of aromatic amines is 1. The minimum atomic E-state index is 0.361. The van der Waals surface area contributed by atoms with Crippen LogP contribution in [0.4, 0.5) is 5.82 Å². The number of rotatable bonds is 2. The molecule has 0 spiro atoms. The summed E-state index contributed by atoms with van der Waals surface area (Å²) in [6.45, 7) is 4.55. The lowest BCUT2D eigenvalue weighted by atomic mass is 10.00. The third-order valence-electron chi connectivity index (χ3n) is 3.80. The predicted octanol–water partition coefficient (Wildman–Crippen LogP) is 3.93. The SMILES string of the molecule is CC1(C)CC1c1[nH]nc(N)c1-c1cccc(Br)c1. The molecule has 1 fully saturated rings. The summed E-state index contributed by atoms with van der Waals surface area (Å²) in [5, 5.41) is 7.31. The number of nitrogens with two attached hydrogens (primary N) is 1. The zero-order valence-electron chi connectivity index (χ0n) is 10.5. The van der Waals surface area contributed by atoms with Crippen LogP contribution in [0.25, 0.3) is 11.1 Å². The molecule has 18 heavy (non-hydrogen) atoms. The van der Waals surface area contributed by atoms with E-state index in [4.69, 9.17) is 5.73 Å². The van der Waals surface area contributed by atoms with Crippen molar-refractivity contribution in [3.63, 3.8) is 0 Å². The fraction of sp³-hybridized carbons (Fsp3) is 0.357. The number of hydrogen-bond donors (Lipinski definition) is 2. The molecule has 0 aliphatic heterocycles. The van der Waals surface area contributed by atoms with Gasteiger partial charge in [-0.05, 0) is 29.5 Å². The smallest absolute Gasteiger partial charge is 0.153 e. The van der Waals surface area contributed by atoms with Gasteiger partial charge in [-0.3, -0.25) is 5.10 Å². The Kier molecular flexibility index (Phi) is 2.52. The molecule has 3 N–H and O–H groups in total. The summed E-state index contributed by atoms with van der Waals surface area (Å²) in [5.74, 6) is 1.13. The Bertz CT molecular complexity index is 601. The maximum Gasteiger partial charge on any atom is 0.153 e. The molecular formula is C14H16BrN3. The van der Waals surface area contributed by atoms with Gasteiger partial charge in [-0.1, -0.05) is 41.9 Å². The van der Waals surface area contributed by atoms with Gasteiger partial charge in [0.05, 0.1) is 0 Å². The van der Waals surface area contributed by atoms with Crippen molar-refractivity contribution in [3.05, 3.63) is 34.4 Å². The molecule has 1 atom stereocenters. The lowest BCUT2D eigenvalue weighted by molar-refractivity contribution is 0.615. The van der Waals surface area contributed by atoms with Crippen LogP contribution in [0.5, 0.6) is 0 Å². The summed E-state index contributed by atoms with van der Waals surface area (Å²) in [5.41, 5.74) is 9.74. The third-order valence-corrected chi connectivity index (χ3v) is 4.29. The van der Waals surface area contributed by atoms with Crippen molar-refractivity contribution in [1.29, 1.82) is 0 Å². The number of nitrogen functional groups attached to an aromatic ring is 1. The van der Waals surface area contributed by atoms with Gasteiger partial charge >= 0.3 is 0 Å². The third kappa shape index (κ3) is 1.85. The minimum Gasteiger partial charge on any atom is -0.382 e. The van der Waals surface area contributed by atoms with E-state index in [0.717, 1.165) is 15.6 Å². The predicted molar refractivity (Wildman–Crippen MR) is 77.3 cm³/mol. The Hall–Kier alpha value is -1.29. The van der Waals surface area contributed by atoms with Crippen LogP contribution in [-0.4, -0.2) is 10.2 Å². The summed E-state index contributed by atoms with van der Waals surface area (Å²) in [6.07, 6.45) is 1.19. The summed E-state index contributed by atoms with van der Waals surface area (Å²) in [7, 11) is 0. The summed E-state index contributed by atoms with van der Waals surface area (Å²) in [6, 6.07) is 8.19. The first-order chi connectivity index (χ1) is 8.49. The van der Waals surface area contributed by atoms with Crippen LogP contribution in [0.3, 0.4) is 0 Å². The fourth-order valence-electron chi connectivity index (χ4n) is 2.53. The molecule has 0 bridgehead atoms. The number of nitrogens with zero attached hydrogens (tertiary/aromatic N) is 1. The van der Waals surface area contributed by atoms with Gasteiger partial charge in [0.1, 0.15) is 0 Å². The topological polar surface area (TPSA) is 54.7 Å². The molecule has 1 saturated carbocycles. The zero-order valence-corrected chi connectivity index (χ0v) is 12.1. The molecule has 1 aliphatic rings. The van der Waals surface area contributed by atoms with Gasteiger partial charge in [-0.25, -0.2) is 0 Å². The molecule has 1 unspecified atom stereocenters. The first-order valence-corrected chi connectivity index (χ1v) is 6.88. The molecule has 94 valence electrons. The molecule has 3 rings (SSSR count). The fourth-order valence-corrected chi connectivity index (χ4v) is 2.93. The molecule has 1 aromatic heterocycles. The molecule has 4 heteroatoms. The van der Waals surface area contributed by atoms with Crippen LogP contribution in [0.15, 0.2) is 28.7 Å². The first kappa shape index (κ1) is 11.8. The Morgan fingerprint density at radius 3 is 2.78 bits per heavy atom. The van der Waals surface area contributed by atoms with Crippen molar-refractivity contribution in [2.45, 2.75) is 26.2 Å². The number of H-pyrrole nitrogens is 1. The van der Waals surface area contributed by atoms with Crippen molar-refractivity contribution in [1.82, 2.24) is 10.2 Å². The number of aromatic nitrogens is 2. The van der Waals surface area contributed by atoms with Crippen LogP contribution in [-0.2, 0) is 0 Å². The lowest BCUT2D eigenvalue weighted by Gasteiger charge is -2.06. The van der Waals surface area contributed by atoms with E-state index >= 15 is 0 Å². The van der Waals surface area contributed by atoms with E-state index in [1.165, 1.54) is 12.1 Å². The van der Waals surface area contributed by atoms with Gasteiger partial charge in [0.2, 0.25) is 0 Å². The second-order valence-electron chi connectivity index (χ2n) is 5.65. The molecule has 1 heterocycles. The monoisotopic (exact) mass is 305 g/mol. The van der Waals surface area contributed by atoms with Crippen LogP contribution in [0, 0.1) is 5.41 Å². The standard InChI is InChI=1S/C14H16BrN3/c1-14(2)7-10(14)12-11(13(16)18-17-12)8-4-3-5-9(15)6-8/h3-6,10H,7H2,1-2H3,(H3,16,17,18). The van der Waals surface area contributed by atoms with Crippen LogP contribution >= 0.6 is 15.9 Å². The van der Waals surface area contributed by atoms with Crippen molar-refractivity contribution >= 4 is 21.7 Å². The van der Waals surface area contributed by atoms with Crippen molar-refractivity contribution in [2.24, 2.45) is 5.41 Å². The first-order valence-electron chi connectivity index (χ1n) is 6.09. The van der Waals surface area contributed by atoms with Crippen LogP contribution < -0.4 is 5.73 Å². The number of hydrogen-bond acceptors (Lipinski definition) is 2. The van der Waals surface area contributed by atoms with Gasteiger partial charge in [-0.15, -0.1) is 0 Å². The average molecular weight is 306 g/mol. The normalized spacial score (nSPS) is 20.9. The van der Waals surface area contributed by atoms with E-state index in [-0.39, 0.29) is 0 Å². The second kappa shape index (κ2) is 3.85. The highest BCUT2D eigenvalue weighted by Gasteiger charge is 2.48. The molecular weight excluding hydrogens is 290 g/mol. The van der Waals surface area contributed by atoms with E-state index in [2.05, 4.69) is 52.1 Å². The maximum absolute atomic E-state index is 6.02. The number of benzene rings is 1. The quantitative estimate of drug-likeness (QED) is 0.883. The van der Waals surface area contributed by atoms with Crippen molar-refractivity contribution in [3.8, 4) is 11.1 Å². The summed E-state index contributed by atoms with van der Waals surface area (Å²) in [4.78, 5) is 0. The van der Waals surface area contributed by atoms with Crippen LogP contribution in [0.1, 0.15) is 31.9 Å². The van der Waals surface area contributed by atoms with Gasteiger partial charge in [0, 0.05) is 21.6 Å². The van der Waals surface area contributed by atoms with E-state index < -0.39 is 0 Å². The van der Waals surface area contributed by atoms with Crippen molar-refractivity contribution < 1.29 is 0 Å². The van der Waals surface area contributed by atoms with Crippen molar-refractivity contribution in [2.75, 3.05) is 5.73 Å². The van der Waals surface area contributed by atoms with E-state index in [1.807, 2.05) is 12.1 Å². The average Bonchev–Trinajstić information content (AvgIpc) is 2.77. The summed E-state index contributed by atoms with van der Waals surface area (Å²) >= 11 is 3.50. The van der Waals surface area contributed by atoms with Gasteiger partial charge in [0.25, 0.3) is 0 Å². The number of nitrogens with one attached hydrogen (secondary N) is 1. The molecule has 1 aliphatic carbocycles. The zero-order chi connectivity index (χ0) is 12.9. The second-order valence-corrected chi connectivity index (χ2v) is 6.57. The Morgan fingerprint density at radius 2 is 2.17 bits per heavy atom. The van der Waals surface area contributed by atoms with E-state index in [9.17, 15) is 0 Å². The Morgan fingerprint density at radius 1 is 1.44 bits per heavy atom. The largest absolute Gasteiger partial charge is 0.382 e. The Balaban J connectivity index is 2.09. The molecule has 3 nitrogen and oxygen atoms in total. The highest BCUT2D eigenvalue weighted by Crippen LogP contribution is 2.60. The van der Waals surface area contributed by atoms with Gasteiger partial charge in [0.15, 0.2) is 5.82 Å². The van der Waals surface area contributed by atoms with E-state index in [1.54, 1.807) is 0 Å². The number of anilines is 1. The Labute approximate surface area is 115 Å². The molecule has 1 aromatic carbocycles. The molecule has 2 aromatic rings. The minimum absolute atomic E-state index is 0.361. The van der Waals surface area contributed by atoms with Crippen LogP contribution in [0.2, 0.25) is 0 Å². The lowest BCUT2D eigenvalue weighted by Crippen LogP contribution is -1.94. The number of halogens is 1. The van der Waals surface area contributed by atoms with Gasteiger partial charge in [-0.2, -0.15) is 5.10 Å².